The molecule has 0 aliphatic carbocycles. The lowest BCUT2D eigenvalue weighted by Crippen LogP contribution is -2.25. The van der Waals surface area contributed by atoms with Crippen LogP contribution in [0.2, 0.25) is 0 Å². The van der Waals surface area contributed by atoms with Gasteiger partial charge in [-0.25, -0.2) is 4.98 Å². The lowest BCUT2D eigenvalue weighted by molar-refractivity contribution is -0.141. The van der Waals surface area contributed by atoms with Crippen LogP contribution in [0.4, 0.5) is 5.82 Å². The molecule has 164 valence electrons. The summed E-state index contributed by atoms with van der Waals surface area (Å²) in [6, 6.07) is 7.85. The van der Waals surface area contributed by atoms with E-state index in [9.17, 15) is 4.79 Å². The first-order chi connectivity index (χ1) is 14.8. The minimum Gasteiger partial charge on any atom is -0.469 e. The Morgan fingerprint density at radius 1 is 1.32 bits per heavy atom. The van der Waals surface area contributed by atoms with Crippen LogP contribution in [0, 0.1) is 0 Å². The molecule has 1 unspecified atom stereocenters. The van der Waals surface area contributed by atoms with E-state index in [1.807, 2.05) is 42.7 Å². The van der Waals surface area contributed by atoms with Gasteiger partial charge in [0.2, 0.25) is 0 Å². The number of hydrogen-bond donors (Lipinski definition) is 1. The van der Waals surface area contributed by atoms with Crippen LogP contribution in [0.1, 0.15) is 25.0 Å². The second-order valence-corrected chi connectivity index (χ2v) is 7.77. The van der Waals surface area contributed by atoms with E-state index in [-0.39, 0.29) is 36.9 Å². The van der Waals surface area contributed by atoms with E-state index in [0.717, 1.165) is 11.1 Å². The number of hydrogen-bond acceptors (Lipinski definition) is 9. The zero-order chi connectivity index (χ0) is 22.0. The lowest BCUT2D eigenvalue weighted by atomic mass is 10.1. The number of fused-ring (bicyclic) bond motifs is 1. The SMILES string of the molecule is COC(=O)Cc1cccc(Cn2cnc3c(N)nc(OCC4COC(C)(C)O4)nc32)c1. The molecular weight excluding hydrogens is 402 g/mol. The minimum atomic E-state index is -0.626. The number of benzene rings is 1. The predicted molar refractivity (Wildman–Crippen MR) is 111 cm³/mol. The van der Waals surface area contributed by atoms with E-state index >= 15 is 0 Å². The van der Waals surface area contributed by atoms with Gasteiger partial charge in [0.15, 0.2) is 22.8 Å². The first-order valence-electron chi connectivity index (χ1n) is 9.90. The third kappa shape index (κ3) is 4.92. The van der Waals surface area contributed by atoms with Gasteiger partial charge in [0.25, 0.3) is 0 Å². The van der Waals surface area contributed by atoms with Gasteiger partial charge in [-0.1, -0.05) is 24.3 Å². The molecule has 1 saturated heterocycles. The van der Waals surface area contributed by atoms with Crippen molar-refractivity contribution in [2.45, 2.75) is 38.7 Å². The number of nitrogens with zero attached hydrogens (tertiary/aromatic N) is 4. The summed E-state index contributed by atoms with van der Waals surface area (Å²) in [6.45, 7) is 4.89. The molecule has 1 aromatic carbocycles. The normalized spacial score (nSPS) is 17.7. The molecule has 10 heteroatoms. The third-order valence-electron chi connectivity index (χ3n) is 4.86. The molecule has 10 nitrogen and oxygen atoms in total. The summed E-state index contributed by atoms with van der Waals surface area (Å²) in [7, 11) is 1.38. The van der Waals surface area contributed by atoms with Gasteiger partial charge in [0, 0.05) is 0 Å². The number of nitrogens with two attached hydrogens (primary N) is 1. The van der Waals surface area contributed by atoms with E-state index in [1.54, 1.807) is 6.33 Å². The zero-order valence-electron chi connectivity index (χ0n) is 17.7. The summed E-state index contributed by atoms with van der Waals surface area (Å²) in [5.74, 6) is -0.673. The Kier molecular flexibility index (Phi) is 5.75. The van der Waals surface area contributed by atoms with Crippen molar-refractivity contribution in [3.63, 3.8) is 0 Å². The van der Waals surface area contributed by atoms with Gasteiger partial charge in [-0.15, -0.1) is 0 Å². The highest BCUT2D eigenvalue weighted by atomic mass is 16.7. The molecule has 0 amide bonds. The standard InChI is InChI=1S/C21H25N5O5/c1-21(2)30-11-15(31-21)10-29-20-24-18(22)17-19(25-20)26(12-23-17)9-14-6-4-5-13(7-14)8-16(27)28-3/h4-7,12,15H,8-11H2,1-3H3,(H2,22,24,25). The Morgan fingerprint density at radius 2 is 2.13 bits per heavy atom. The number of imidazole rings is 1. The van der Waals surface area contributed by atoms with Gasteiger partial charge in [-0.2, -0.15) is 9.97 Å². The fourth-order valence-electron chi connectivity index (χ4n) is 3.41. The summed E-state index contributed by atoms with van der Waals surface area (Å²) in [4.78, 5) is 24.6. The van der Waals surface area contributed by atoms with Crippen LogP contribution in [-0.2, 0) is 32.0 Å². The van der Waals surface area contributed by atoms with Gasteiger partial charge < -0.3 is 29.2 Å². The smallest absolute Gasteiger partial charge is 0.320 e. The van der Waals surface area contributed by atoms with E-state index in [2.05, 4.69) is 15.0 Å². The molecule has 3 heterocycles. The Bertz CT molecular complexity index is 1100. The second kappa shape index (κ2) is 8.48. The Labute approximate surface area is 179 Å². The number of ether oxygens (including phenoxy) is 4. The van der Waals surface area contributed by atoms with Crippen molar-refractivity contribution in [1.29, 1.82) is 0 Å². The topological polar surface area (TPSA) is 124 Å². The number of aromatic nitrogens is 4. The summed E-state index contributed by atoms with van der Waals surface area (Å²) in [5, 5.41) is 0. The fourth-order valence-corrected chi connectivity index (χ4v) is 3.41. The van der Waals surface area contributed by atoms with Crippen LogP contribution in [-0.4, -0.2) is 57.7 Å². The van der Waals surface area contributed by atoms with Crippen molar-refractivity contribution in [2.75, 3.05) is 26.1 Å². The average molecular weight is 427 g/mol. The molecule has 2 N–H and O–H groups in total. The highest BCUT2D eigenvalue weighted by molar-refractivity contribution is 5.82. The van der Waals surface area contributed by atoms with Crippen LogP contribution in [0.5, 0.6) is 6.01 Å². The van der Waals surface area contributed by atoms with Crippen molar-refractivity contribution in [3.05, 3.63) is 41.7 Å². The number of carbonyl (C=O) groups excluding carboxylic acids is 1. The summed E-state index contributed by atoms with van der Waals surface area (Å²) < 4.78 is 23.6. The van der Waals surface area contributed by atoms with E-state index in [1.165, 1.54) is 7.11 Å². The van der Waals surface area contributed by atoms with Gasteiger partial charge in [-0.3, -0.25) is 4.79 Å². The first-order valence-corrected chi connectivity index (χ1v) is 9.90. The summed E-state index contributed by atoms with van der Waals surface area (Å²) in [6.07, 6.45) is 1.66. The molecule has 0 spiro atoms. The van der Waals surface area contributed by atoms with Gasteiger partial charge >= 0.3 is 12.0 Å². The third-order valence-corrected chi connectivity index (χ3v) is 4.86. The Morgan fingerprint density at radius 3 is 2.87 bits per heavy atom. The van der Waals surface area contributed by atoms with E-state index in [4.69, 9.17) is 24.7 Å². The van der Waals surface area contributed by atoms with Crippen LogP contribution < -0.4 is 10.5 Å². The fraction of sp³-hybridized carbons (Fsp3) is 0.429. The van der Waals surface area contributed by atoms with E-state index in [0.29, 0.717) is 24.3 Å². The molecule has 0 saturated carbocycles. The first kappa shape index (κ1) is 21.0. The Hall–Kier alpha value is -3.24. The van der Waals surface area contributed by atoms with Crippen molar-refractivity contribution in [2.24, 2.45) is 0 Å². The molecule has 1 atom stereocenters. The Balaban J connectivity index is 1.51. The number of rotatable bonds is 7. The second-order valence-electron chi connectivity index (χ2n) is 7.77. The molecule has 2 aromatic heterocycles. The molecular formula is C21H25N5O5. The number of carbonyl (C=O) groups is 1. The van der Waals surface area contributed by atoms with E-state index < -0.39 is 5.79 Å². The van der Waals surface area contributed by atoms with Crippen LogP contribution in [0.3, 0.4) is 0 Å². The number of anilines is 1. The van der Waals surface area contributed by atoms with Crippen LogP contribution in [0.25, 0.3) is 11.2 Å². The highest BCUT2D eigenvalue weighted by Gasteiger charge is 2.33. The molecule has 1 aliphatic heterocycles. The lowest BCUT2D eigenvalue weighted by Gasteiger charge is -2.17. The van der Waals surface area contributed by atoms with Gasteiger partial charge in [0.05, 0.1) is 33.0 Å². The van der Waals surface area contributed by atoms with Gasteiger partial charge in [-0.05, 0) is 25.0 Å². The van der Waals surface area contributed by atoms with Crippen molar-refractivity contribution >= 4 is 23.0 Å². The molecule has 0 radical (unpaired) electrons. The number of nitrogen functional groups attached to an aromatic ring is 1. The maximum atomic E-state index is 11.6. The average Bonchev–Trinajstić information content (AvgIpc) is 3.29. The zero-order valence-corrected chi connectivity index (χ0v) is 17.7. The van der Waals surface area contributed by atoms with Crippen molar-refractivity contribution < 1.29 is 23.7 Å². The van der Waals surface area contributed by atoms with Crippen LogP contribution in [0.15, 0.2) is 30.6 Å². The monoisotopic (exact) mass is 427 g/mol. The highest BCUT2D eigenvalue weighted by Crippen LogP contribution is 2.24. The predicted octanol–water partition coefficient (Wildman–Crippen LogP) is 1.70. The molecule has 1 aliphatic rings. The summed E-state index contributed by atoms with van der Waals surface area (Å²) >= 11 is 0. The maximum absolute atomic E-state index is 11.6. The van der Waals surface area contributed by atoms with Crippen molar-refractivity contribution in [3.8, 4) is 6.01 Å². The number of esters is 1. The molecule has 4 rings (SSSR count). The maximum Gasteiger partial charge on any atom is 0.320 e. The molecule has 3 aromatic rings. The number of methoxy groups -OCH3 is 1. The quantitative estimate of drug-likeness (QED) is 0.561. The minimum absolute atomic E-state index is 0.152. The molecule has 1 fully saturated rings. The molecule has 0 bridgehead atoms. The summed E-state index contributed by atoms with van der Waals surface area (Å²) in [5.41, 5.74) is 8.98. The largest absolute Gasteiger partial charge is 0.469 e. The van der Waals surface area contributed by atoms with Crippen molar-refractivity contribution in [1.82, 2.24) is 19.5 Å². The molecule has 31 heavy (non-hydrogen) atoms. The van der Waals surface area contributed by atoms with Gasteiger partial charge in [0.1, 0.15) is 12.7 Å². The van der Waals surface area contributed by atoms with Crippen LogP contribution >= 0.6 is 0 Å².